The van der Waals surface area contributed by atoms with Gasteiger partial charge >= 0.3 is 0 Å². The van der Waals surface area contributed by atoms with E-state index in [0.29, 0.717) is 5.82 Å². The van der Waals surface area contributed by atoms with E-state index in [4.69, 9.17) is 9.97 Å². The van der Waals surface area contributed by atoms with Gasteiger partial charge in [-0.25, -0.2) is 9.97 Å². The molecule has 10 aromatic carbocycles. The highest BCUT2D eigenvalue weighted by Crippen LogP contribution is 2.60. The van der Waals surface area contributed by atoms with Crippen LogP contribution in [0.3, 0.4) is 0 Å². The van der Waals surface area contributed by atoms with Crippen molar-refractivity contribution < 1.29 is 0 Å². The SMILES string of the molecule is c1ccc(-c2cc(-c3cccc4ccccc34)nc(-c3ccc(-c4cccc5c4C(c4ccccc4)(c4ccccc4)c4c-5ccc5ccccc45)c4ccccc34)n2)cc1. The van der Waals surface area contributed by atoms with Gasteiger partial charge in [-0.3, -0.25) is 0 Å². The number of hydrogen-bond donors (Lipinski definition) is 0. The molecule has 0 spiro atoms. The predicted molar refractivity (Wildman–Crippen MR) is 254 cm³/mol. The van der Waals surface area contributed by atoms with Gasteiger partial charge in [-0.15, -0.1) is 0 Å². The van der Waals surface area contributed by atoms with E-state index in [2.05, 4.69) is 231 Å². The Morgan fingerprint density at radius 1 is 0.279 bits per heavy atom. The Kier molecular flexibility index (Phi) is 8.11. The summed E-state index contributed by atoms with van der Waals surface area (Å²) in [6.07, 6.45) is 0. The Bertz CT molecular complexity index is 3420. The Hall–Kier alpha value is -7.94. The number of nitrogens with zero attached hydrogens (tertiary/aromatic N) is 2. The maximum Gasteiger partial charge on any atom is 0.161 e. The molecule has 11 aromatic rings. The largest absolute Gasteiger partial charge is 0.228 e. The second-order valence-electron chi connectivity index (χ2n) is 16.0. The first-order chi connectivity index (χ1) is 30.3. The topological polar surface area (TPSA) is 25.8 Å². The fraction of sp³-hybridized carbons (Fsp3) is 0.0169. The van der Waals surface area contributed by atoms with Crippen LogP contribution in [0.2, 0.25) is 0 Å². The minimum absolute atomic E-state index is 0.592. The molecule has 1 heterocycles. The highest BCUT2D eigenvalue weighted by atomic mass is 14.9. The number of hydrogen-bond acceptors (Lipinski definition) is 2. The van der Waals surface area contributed by atoms with E-state index in [-0.39, 0.29) is 0 Å². The van der Waals surface area contributed by atoms with Crippen molar-refractivity contribution >= 4 is 32.3 Å². The summed E-state index contributed by atoms with van der Waals surface area (Å²) in [5.74, 6) is 0.701. The average Bonchev–Trinajstić information content (AvgIpc) is 3.66. The van der Waals surface area contributed by atoms with Crippen molar-refractivity contribution in [1.29, 1.82) is 0 Å². The van der Waals surface area contributed by atoms with Gasteiger partial charge in [0.25, 0.3) is 0 Å². The smallest absolute Gasteiger partial charge is 0.161 e. The van der Waals surface area contributed by atoms with E-state index >= 15 is 0 Å². The van der Waals surface area contributed by atoms with Crippen molar-refractivity contribution in [3.05, 3.63) is 253 Å². The van der Waals surface area contributed by atoms with Gasteiger partial charge in [0, 0.05) is 16.7 Å². The van der Waals surface area contributed by atoms with Crippen LogP contribution in [0, 0.1) is 0 Å². The lowest BCUT2D eigenvalue weighted by atomic mass is 9.65. The molecule has 0 bridgehead atoms. The molecule has 12 rings (SSSR count). The van der Waals surface area contributed by atoms with Crippen LogP contribution in [0.25, 0.3) is 88.5 Å². The van der Waals surface area contributed by atoms with Crippen molar-refractivity contribution in [2.24, 2.45) is 0 Å². The van der Waals surface area contributed by atoms with Crippen LogP contribution in [-0.4, -0.2) is 9.97 Å². The van der Waals surface area contributed by atoms with Gasteiger partial charge in [0.1, 0.15) is 0 Å². The second kappa shape index (κ2) is 14.1. The van der Waals surface area contributed by atoms with Crippen LogP contribution in [0.5, 0.6) is 0 Å². The second-order valence-corrected chi connectivity index (χ2v) is 16.0. The molecule has 1 aliphatic rings. The molecule has 0 amide bonds. The minimum atomic E-state index is -0.592. The van der Waals surface area contributed by atoms with Gasteiger partial charge in [0.2, 0.25) is 0 Å². The van der Waals surface area contributed by atoms with E-state index in [1.165, 1.54) is 66.1 Å². The average molecular weight is 775 g/mol. The number of fused-ring (bicyclic) bond motifs is 7. The Labute approximate surface area is 355 Å². The first-order valence-corrected chi connectivity index (χ1v) is 21.0. The first kappa shape index (κ1) is 35.0. The van der Waals surface area contributed by atoms with Gasteiger partial charge in [0.05, 0.1) is 16.8 Å². The number of aromatic nitrogens is 2. The molecule has 0 unspecified atom stereocenters. The molecule has 2 nitrogen and oxygen atoms in total. The molecule has 0 radical (unpaired) electrons. The summed E-state index contributed by atoms with van der Waals surface area (Å²) in [7, 11) is 0. The van der Waals surface area contributed by atoms with E-state index < -0.39 is 5.41 Å². The van der Waals surface area contributed by atoms with Crippen molar-refractivity contribution in [1.82, 2.24) is 9.97 Å². The maximum atomic E-state index is 5.41. The molecule has 0 atom stereocenters. The van der Waals surface area contributed by atoms with Crippen molar-refractivity contribution in [3.8, 4) is 56.2 Å². The normalized spacial score (nSPS) is 12.7. The first-order valence-electron chi connectivity index (χ1n) is 21.0. The molecule has 1 aromatic heterocycles. The molecule has 0 saturated heterocycles. The van der Waals surface area contributed by atoms with Gasteiger partial charge in [-0.1, -0.05) is 218 Å². The van der Waals surface area contributed by atoms with E-state index in [1.807, 2.05) is 0 Å². The maximum absolute atomic E-state index is 5.41. The molecule has 284 valence electrons. The van der Waals surface area contributed by atoms with E-state index in [0.717, 1.165) is 38.9 Å². The molecule has 1 aliphatic carbocycles. The zero-order valence-electron chi connectivity index (χ0n) is 33.3. The van der Waals surface area contributed by atoms with E-state index in [9.17, 15) is 0 Å². The molecule has 0 N–H and O–H groups in total. The summed E-state index contributed by atoms with van der Waals surface area (Å²) in [5.41, 5.74) is 14.4. The highest BCUT2D eigenvalue weighted by molar-refractivity contribution is 6.08. The molecular weight excluding hydrogens is 737 g/mol. The summed E-state index contributed by atoms with van der Waals surface area (Å²) < 4.78 is 0. The van der Waals surface area contributed by atoms with Crippen LogP contribution in [0.15, 0.2) is 231 Å². The summed E-state index contributed by atoms with van der Waals surface area (Å²) in [6.45, 7) is 0. The van der Waals surface area contributed by atoms with Crippen molar-refractivity contribution in [2.75, 3.05) is 0 Å². The number of benzene rings is 10. The van der Waals surface area contributed by atoms with Gasteiger partial charge in [0.15, 0.2) is 5.82 Å². The zero-order valence-corrected chi connectivity index (χ0v) is 33.3. The fourth-order valence-electron chi connectivity index (χ4n) is 10.2. The summed E-state index contributed by atoms with van der Waals surface area (Å²) in [5, 5.41) is 7.13. The minimum Gasteiger partial charge on any atom is -0.228 e. The monoisotopic (exact) mass is 774 g/mol. The quantitative estimate of drug-likeness (QED) is 0.168. The molecule has 0 aliphatic heterocycles. The fourth-order valence-corrected chi connectivity index (χ4v) is 10.2. The lowest BCUT2D eigenvalue weighted by molar-refractivity contribution is 0.777. The van der Waals surface area contributed by atoms with Crippen molar-refractivity contribution in [2.45, 2.75) is 5.41 Å². The standard InChI is InChI=1S/C59H38N2/c1-4-20-41(21-5-1)54-38-55(49-31-16-22-39-18-10-12-27-44(39)49)61-58(60-54)53-37-36-48(46-29-14-15-30-47(46)53)50-32-17-33-51-52-35-34-40-19-11-13-28-45(40)56(52)59(57(50)51,42-23-6-2-7-24-42)43-25-8-3-9-26-43/h1-38H. The van der Waals surface area contributed by atoms with Crippen molar-refractivity contribution in [3.63, 3.8) is 0 Å². The highest BCUT2D eigenvalue weighted by Gasteiger charge is 2.48. The molecule has 0 saturated carbocycles. The molecule has 2 heteroatoms. The van der Waals surface area contributed by atoms with Gasteiger partial charge in [-0.05, 0) is 89.0 Å². The van der Waals surface area contributed by atoms with Gasteiger partial charge in [-0.2, -0.15) is 0 Å². The molecule has 61 heavy (non-hydrogen) atoms. The summed E-state index contributed by atoms with van der Waals surface area (Å²) >= 11 is 0. The Balaban J connectivity index is 1.14. The predicted octanol–water partition coefficient (Wildman–Crippen LogP) is 15.0. The van der Waals surface area contributed by atoms with E-state index in [1.54, 1.807) is 0 Å². The lowest BCUT2D eigenvalue weighted by Crippen LogP contribution is -2.29. The third kappa shape index (κ3) is 5.43. The molecule has 0 fully saturated rings. The van der Waals surface area contributed by atoms with Crippen LogP contribution in [0.4, 0.5) is 0 Å². The van der Waals surface area contributed by atoms with Crippen LogP contribution in [-0.2, 0) is 5.41 Å². The third-order valence-electron chi connectivity index (χ3n) is 12.8. The summed E-state index contributed by atoms with van der Waals surface area (Å²) in [4.78, 5) is 10.7. The Morgan fingerprint density at radius 2 is 0.738 bits per heavy atom. The zero-order chi connectivity index (χ0) is 40.3. The lowest BCUT2D eigenvalue weighted by Gasteiger charge is -2.36. The van der Waals surface area contributed by atoms with Crippen LogP contribution < -0.4 is 0 Å². The third-order valence-corrected chi connectivity index (χ3v) is 12.8. The molecular formula is C59H38N2. The van der Waals surface area contributed by atoms with Gasteiger partial charge < -0.3 is 0 Å². The van der Waals surface area contributed by atoms with Crippen LogP contribution >= 0.6 is 0 Å². The Morgan fingerprint density at radius 3 is 1.44 bits per heavy atom. The summed E-state index contributed by atoms with van der Waals surface area (Å²) in [6, 6.07) is 83.6. The van der Waals surface area contributed by atoms with Crippen LogP contribution in [0.1, 0.15) is 22.3 Å². The number of rotatable bonds is 6.